The average Bonchev–Trinajstić information content (AvgIpc) is 2.43. The molecular formula is C18H36O. The normalized spacial score (nSPS) is 23.7. The third kappa shape index (κ3) is 9.49. The second-order valence-electron chi connectivity index (χ2n) is 6.65. The van der Waals surface area contributed by atoms with Gasteiger partial charge in [0, 0.05) is 0 Å². The SMILES string of the molecule is CCCCCCCCCCCCC1CCC(O)CC1. The van der Waals surface area contributed by atoms with E-state index >= 15 is 0 Å². The van der Waals surface area contributed by atoms with Gasteiger partial charge in [-0.1, -0.05) is 77.6 Å². The van der Waals surface area contributed by atoms with Gasteiger partial charge in [0.05, 0.1) is 6.10 Å². The van der Waals surface area contributed by atoms with E-state index in [-0.39, 0.29) is 6.10 Å². The maximum Gasteiger partial charge on any atom is 0.0540 e. The number of hydrogen-bond acceptors (Lipinski definition) is 1. The van der Waals surface area contributed by atoms with Crippen LogP contribution in [-0.4, -0.2) is 11.2 Å². The number of aliphatic hydroxyl groups excluding tert-OH is 1. The van der Waals surface area contributed by atoms with E-state index in [2.05, 4.69) is 6.92 Å². The lowest BCUT2D eigenvalue weighted by molar-refractivity contribution is 0.106. The number of unbranched alkanes of at least 4 members (excludes halogenated alkanes) is 9. The van der Waals surface area contributed by atoms with Gasteiger partial charge in [-0.25, -0.2) is 0 Å². The largest absolute Gasteiger partial charge is 0.393 e. The first-order valence-electron chi connectivity index (χ1n) is 9.01. The molecule has 1 nitrogen and oxygen atoms in total. The molecule has 0 aromatic carbocycles. The van der Waals surface area contributed by atoms with Crippen LogP contribution in [0.1, 0.15) is 103 Å². The average molecular weight is 268 g/mol. The molecule has 0 saturated heterocycles. The Bertz CT molecular complexity index is 182. The van der Waals surface area contributed by atoms with Crippen molar-refractivity contribution in [3.63, 3.8) is 0 Å². The van der Waals surface area contributed by atoms with E-state index in [1.54, 1.807) is 0 Å². The van der Waals surface area contributed by atoms with Crippen molar-refractivity contribution in [1.29, 1.82) is 0 Å². The molecule has 0 aromatic heterocycles. The molecule has 0 amide bonds. The van der Waals surface area contributed by atoms with E-state index in [9.17, 15) is 5.11 Å². The zero-order valence-corrected chi connectivity index (χ0v) is 13.2. The monoisotopic (exact) mass is 268 g/mol. The van der Waals surface area contributed by atoms with Gasteiger partial charge in [0.2, 0.25) is 0 Å². The van der Waals surface area contributed by atoms with Crippen LogP contribution in [0.2, 0.25) is 0 Å². The van der Waals surface area contributed by atoms with Gasteiger partial charge in [-0.3, -0.25) is 0 Å². The molecule has 0 heterocycles. The minimum Gasteiger partial charge on any atom is -0.393 e. The summed E-state index contributed by atoms with van der Waals surface area (Å²) in [5, 5.41) is 9.47. The summed E-state index contributed by atoms with van der Waals surface area (Å²) >= 11 is 0. The molecular weight excluding hydrogens is 232 g/mol. The van der Waals surface area contributed by atoms with Crippen LogP contribution >= 0.6 is 0 Å². The van der Waals surface area contributed by atoms with Crippen LogP contribution < -0.4 is 0 Å². The second kappa shape index (κ2) is 11.8. The van der Waals surface area contributed by atoms with E-state index < -0.39 is 0 Å². The van der Waals surface area contributed by atoms with E-state index in [0.29, 0.717) is 0 Å². The lowest BCUT2D eigenvalue weighted by atomic mass is 9.84. The van der Waals surface area contributed by atoms with E-state index in [4.69, 9.17) is 0 Å². The second-order valence-corrected chi connectivity index (χ2v) is 6.65. The first-order chi connectivity index (χ1) is 9.33. The van der Waals surface area contributed by atoms with Gasteiger partial charge in [-0.05, 0) is 31.6 Å². The zero-order chi connectivity index (χ0) is 13.8. The van der Waals surface area contributed by atoms with E-state index in [1.165, 1.54) is 83.5 Å². The Morgan fingerprint density at radius 3 is 1.68 bits per heavy atom. The Kier molecular flexibility index (Phi) is 10.5. The summed E-state index contributed by atoms with van der Waals surface area (Å²) in [5.74, 6) is 0.928. The molecule has 0 bridgehead atoms. The highest BCUT2D eigenvalue weighted by molar-refractivity contribution is 4.71. The van der Waals surface area contributed by atoms with Crippen LogP contribution in [0.15, 0.2) is 0 Å². The third-order valence-corrected chi connectivity index (χ3v) is 4.78. The van der Waals surface area contributed by atoms with Gasteiger partial charge in [0.1, 0.15) is 0 Å². The number of hydrogen-bond donors (Lipinski definition) is 1. The molecule has 0 unspecified atom stereocenters. The summed E-state index contributed by atoms with van der Waals surface area (Å²) in [6.45, 7) is 2.28. The highest BCUT2D eigenvalue weighted by Crippen LogP contribution is 2.28. The van der Waals surface area contributed by atoms with E-state index in [0.717, 1.165) is 18.8 Å². The van der Waals surface area contributed by atoms with Crippen molar-refractivity contribution >= 4 is 0 Å². The van der Waals surface area contributed by atoms with Crippen molar-refractivity contribution in [3.05, 3.63) is 0 Å². The number of aliphatic hydroxyl groups is 1. The molecule has 0 aromatic rings. The van der Waals surface area contributed by atoms with Gasteiger partial charge in [-0.15, -0.1) is 0 Å². The van der Waals surface area contributed by atoms with E-state index in [1.807, 2.05) is 0 Å². The molecule has 1 saturated carbocycles. The van der Waals surface area contributed by atoms with Crippen LogP contribution in [0.5, 0.6) is 0 Å². The lowest BCUT2D eigenvalue weighted by Gasteiger charge is -2.25. The molecule has 1 rings (SSSR count). The molecule has 1 heteroatoms. The Hall–Kier alpha value is -0.0400. The van der Waals surface area contributed by atoms with Crippen molar-refractivity contribution in [3.8, 4) is 0 Å². The smallest absolute Gasteiger partial charge is 0.0540 e. The molecule has 0 radical (unpaired) electrons. The molecule has 1 N–H and O–H groups in total. The Labute approximate surface area is 121 Å². The minimum atomic E-state index is 0.0176. The summed E-state index contributed by atoms with van der Waals surface area (Å²) in [7, 11) is 0. The zero-order valence-electron chi connectivity index (χ0n) is 13.2. The van der Waals surface area contributed by atoms with Crippen LogP contribution in [-0.2, 0) is 0 Å². The standard InChI is InChI=1S/C18H36O/c1-2-3-4-5-6-7-8-9-10-11-12-17-13-15-18(19)16-14-17/h17-19H,2-16H2,1H3. The molecule has 0 aliphatic heterocycles. The van der Waals surface area contributed by atoms with Crippen LogP contribution in [0.3, 0.4) is 0 Å². The quantitative estimate of drug-likeness (QED) is 0.466. The fraction of sp³-hybridized carbons (Fsp3) is 1.00. The molecule has 0 spiro atoms. The van der Waals surface area contributed by atoms with Gasteiger partial charge in [0.25, 0.3) is 0 Å². The van der Waals surface area contributed by atoms with Gasteiger partial charge in [-0.2, -0.15) is 0 Å². The van der Waals surface area contributed by atoms with Gasteiger partial charge < -0.3 is 5.11 Å². The maximum absolute atomic E-state index is 9.47. The van der Waals surface area contributed by atoms with Crippen molar-refractivity contribution in [2.75, 3.05) is 0 Å². The fourth-order valence-electron chi connectivity index (χ4n) is 3.35. The topological polar surface area (TPSA) is 20.2 Å². The molecule has 0 atom stereocenters. The summed E-state index contributed by atoms with van der Waals surface area (Å²) < 4.78 is 0. The first-order valence-corrected chi connectivity index (χ1v) is 9.01. The van der Waals surface area contributed by atoms with Crippen molar-refractivity contribution < 1.29 is 5.11 Å². The predicted octanol–water partition coefficient (Wildman–Crippen LogP) is 5.85. The highest BCUT2D eigenvalue weighted by atomic mass is 16.3. The molecule has 1 fully saturated rings. The lowest BCUT2D eigenvalue weighted by Crippen LogP contribution is -2.17. The molecule has 1 aliphatic carbocycles. The molecule has 19 heavy (non-hydrogen) atoms. The number of rotatable bonds is 11. The Morgan fingerprint density at radius 1 is 0.684 bits per heavy atom. The van der Waals surface area contributed by atoms with Gasteiger partial charge in [0.15, 0.2) is 0 Å². The van der Waals surface area contributed by atoms with Crippen molar-refractivity contribution in [2.24, 2.45) is 5.92 Å². The summed E-state index contributed by atoms with van der Waals surface area (Å²) in [4.78, 5) is 0. The fourth-order valence-corrected chi connectivity index (χ4v) is 3.35. The highest BCUT2D eigenvalue weighted by Gasteiger charge is 2.18. The predicted molar refractivity (Wildman–Crippen MR) is 84.4 cm³/mol. The molecule has 1 aliphatic rings. The van der Waals surface area contributed by atoms with Gasteiger partial charge >= 0.3 is 0 Å². The first kappa shape index (κ1) is 17.0. The van der Waals surface area contributed by atoms with Crippen LogP contribution in [0.4, 0.5) is 0 Å². The minimum absolute atomic E-state index is 0.0176. The third-order valence-electron chi connectivity index (χ3n) is 4.78. The summed E-state index contributed by atoms with van der Waals surface area (Å²) in [6.07, 6.45) is 20.5. The van der Waals surface area contributed by atoms with Crippen molar-refractivity contribution in [1.82, 2.24) is 0 Å². The van der Waals surface area contributed by atoms with Crippen molar-refractivity contribution in [2.45, 2.75) is 109 Å². The summed E-state index contributed by atoms with van der Waals surface area (Å²) in [6, 6.07) is 0. The Morgan fingerprint density at radius 2 is 1.16 bits per heavy atom. The van der Waals surface area contributed by atoms with Crippen LogP contribution in [0, 0.1) is 5.92 Å². The maximum atomic E-state index is 9.47. The van der Waals surface area contributed by atoms with Crippen LogP contribution in [0.25, 0.3) is 0 Å². The molecule has 114 valence electrons. The summed E-state index contributed by atoms with van der Waals surface area (Å²) in [5.41, 5.74) is 0. The Balaban J connectivity index is 1.76.